The van der Waals surface area contributed by atoms with Crippen LogP contribution in [-0.2, 0) is 20.9 Å². The van der Waals surface area contributed by atoms with E-state index in [1.807, 2.05) is 56.1 Å². The van der Waals surface area contributed by atoms with E-state index in [-0.39, 0.29) is 35.9 Å². The summed E-state index contributed by atoms with van der Waals surface area (Å²) in [5.74, 6) is 0.125. The zero-order valence-corrected chi connectivity index (χ0v) is 15.9. The van der Waals surface area contributed by atoms with Crippen molar-refractivity contribution in [3.8, 4) is 0 Å². The van der Waals surface area contributed by atoms with Gasteiger partial charge in [-0.2, -0.15) is 0 Å². The predicted octanol–water partition coefficient (Wildman–Crippen LogP) is 1.26. The molecule has 0 aliphatic carbocycles. The summed E-state index contributed by atoms with van der Waals surface area (Å²) in [6, 6.07) is 9.91. The number of carbonyl (C=O) groups excluding carboxylic acids is 2. The number of likely N-dealkylation sites (N-methyl/N-ethyl adjacent to an activating group) is 1. The summed E-state index contributed by atoms with van der Waals surface area (Å²) in [6.45, 7) is 6.80. The molecule has 3 rings (SSSR count). The van der Waals surface area contributed by atoms with Gasteiger partial charge in [0.05, 0.1) is 12.6 Å². The fraction of sp³-hybridized carbons (Fsp3) is 0.600. The summed E-state index contributed by atoms with van der Waals surface area (Å²) in [7, 11) is 1.99. The SMILES string of the molecule is CC(C)NC(=O)C1CC2(CN(C(=O)COCc3ccccc3)C2)CN1C. The lowest BCUT2D eigenvalue weighted by molar-refractivity contribution is -0.148. The monoisotopic (exact) mass is 359 g/mol. The smallest absolute Gasteiger partial charge is 0.248 e. The van der Waals surface area contributed by atoms with E-state index in [1.54, 1.807) is 0 Å². The van der Waals surface area contributed by atoms with Crippen molar-refractivity contribution in [1.82, 2.24) is 15.1 Å². The van der Waals surface area contributed by atoms with Gasteiger partial charge in [0.2, 0.25) is 11.8 Å². The van der Waals surface area contributed by atoms with Crippen molar-refractivity contribution in [2.45, 2.75) is 39.0 Å². The van der Waals surface area contributed by atoms with Gasteiger partial charge < -0.3 is 15.0 Å². The number of likely N-dealkylation sites (tertiary alicyclic amines) is 2. The second-order valence-electron chi connectivity index (χ2n) is 8.03. The number of ether oxygens (including phenoxy) is 1. The Morgan fingerprint density at radius 2 is 1.92 bits per heavy atom. The predicted molar refractivity (Wildman–Crippen MR) is 99.4 cm³/mol. The molecule has 2 aliphatic heterocycles. The van der Waals surface area contributed by atoms with E-state index in [9.17, 15) is 9.59 Å². The largest absolute Gasteiger partial charge is 0.367 e. The van der Waals surface area contributed by atoms with Gasteiger partial charge in [0.1, 0.15) is 6.61 Å². The molecule has 142 valence electrons. The van der Waals surface area contributed by atoms with Gasteiger partial charge in [-0.05, 0) is 32.9 Å². The minimum absolute atomic E-state index is 0.0318. The molecule has 2 amide bonds. The van der Waals surface area contributed by atoms with E-state index in [4.69, 9.17) is 4.74 Å². The van der Waals surface area contributed by atoms with Gasteiger partial charge in [0.15, 0.2) is 0 Å². The number of hydrogen-bond acceptors (Lipinski definition) is 4. The van der Waals surface area contributed by atoms with Crippen molar-refractivity contribution in [1.29, 1.82) is 0 Å². The third-order valence-corrected chi connectivity index (χ3v) is 5.22. The number of nitrogens with one attached hydrogen (secondary N) is 1. The molecular formula is C20H29N3O3. The fourth-order valence-electron chi connectivity index (χ4n) is 4.03. The van der Waals surface area contributed by atoms with Crippen LogP contribution in [0.4, 0.5) is 0 Å². The minimum atomic E-state index is -0.0935. The van der Waals surface area contributed by atoms with Crippen LogP contribution in [0.2, 0.25) is 0 Å². The molecule has 2 fully saturated rings. The Balaban J connectivity index is 1.43. The highest BCUT2D eigenvalue weighted by Crippen LogP contribution is 2.42. The molecule has 1 N–H and O–H groups in total. The molecule has 1 aromatic rings. The van der Waals surface area contributed by atoms with Crippen molar-refractivity contribution in [2.75, 3.05) is 33.3 Å². The number of amides is 2. The maximum Gasteiger partial charge on any atom is 0.248 e. The molecule has 0 saturated carbocycles. The van der Waals surface area contributed by atoms with Crippen molar-refractivity contribution >= 4 is 11.8 Å². The first kappa shape index (κ1) is 18.9. The van der Waals surface area contributed by atoms with Gasteiger partial charge in [0.25, 0.3) is 0 Å². The lowest BCUT2D eigenvalue weighted by Crippen LogP contribution is -2.60. The van der Waals surface area contributed by atoms with Crippen LogP contribution in [0.3, 0.4) is 0 Å². The highest BCUT2D eigenvalue weighted by Gasteiger charge is 2.53. The van der Waals surface area contributed by atoms with E-state index >= 15 is 0 Å². The van der Waals surface area contributed by atoms with Crippen LogP contribution in [0.1, 0.15) is 25.8 Å². The normalized spacial score (nSPS) is 21.8. The first-order valence-electron chi connectivity index (χ1n) is 9.29. The molecule has 1 atom stereocenters. The van der Waals surface area contributed by atoms with E-state index in [1.165, 1.54) is 0 Å². The summed E-state index contributed by atoms with van der Waals surface area (Å²) >= 11 is 0. The number of nitrogens with zero attached hydrogens (tertiary/aromatic N) is 2. The van der Waals surface area contributed by atoms with Gasteiger partial charge >= 0.3 is 0 Å². The second-order valence-corrected chi connectivity index (χ2v) is 8.03. The number of hydrogen-bond donors (Lipinski definition) is 1. The Bertz CT molecular complexity index is 641. The van der Waals surface area contributed by atoms with E-state index in [0.29, 0.717) is 6.61 Å². The highest BCUT2D eigenvalue weighted by atomic mass is 16.5. The topological polar surface area (TPSA) is 61.9 Å². The van der Waals surface area contributed by atoms with E-state index in [0.717, 1.165) is 31.6 Å². The van der Waals surface area contributed by atoms with Crippen LogP contribution in [0.5, 0.6) is 0 Å². The molecule has 2 saturated heterocycles. The van der Waals surface area contributed by atoms with Gasteiger partial charge in [-0.15, -0.1) is 0 Å². The van der Waals surface area contributed by atoms with Crippen LogP contribution >= 0.6 is 0 Å². The first-order chi connectivity index (χ1) is 12.4. The Kier molecular flexibility index (Phi) is 5.63. The van der Waals surface area contributed by atoms with E-state index in [2.05, 4.69) is 10.2 Å². The van der Waals surface area contributed by atoms with Crippen LogP contribution in [-0.4, -0.2) is 67.0 Å². The average Bonchev–Trinajstić information content (AvgIpc) is 2.92. The molecule has 6 nitrogen and oxygen atoms in total. The third-order valence-electron chi connectivity index (χ3n) is 5.22. The molecule has 0 radical (unpaired) electrons. The summed E-state index contributed by atoms with van der Waals surface area (Å²) < 4.78 is 5.55. The number of carbonyl (C=O) groups is 2. The third kappa shape index (κ3) is 4.24. The van der Waals surface area contributed by atoms with Crippen molar-refractivity contribution in [3.05, 3.63) is 35.9 Å². The Hall–Kier alpha value is -1.92. The maximum atomic E-state index is 12.3. The molecule has 26 heavy (non-hydrogen) atoms. The average molecular weight is 359 g/mol. The zero-order chi connectivity index (χ0) is 18.7. The Labute approximate surface area is 155 Å². The van der Waals surface area contributed by atoms with E-state index < -0.39 is 0 Å². The van der Waals surface area contributed by atoms with Crippen molar-refractivity contribution in [3.63, 3.8) is 0 Å². The molecule has 2 aliphatic rings. The molecule has 1 spiro atoms. The molecule has 6 heteroatoms. The standard InChI is InChI=1S/C20H29N3O3/c1-15(2)21-19(25)17-9-20(12-22(17)3)13-23(14-20)18(24)11-26-10-16-7-5-4-6-8-16/h4-8,15,17H,9-14H2,1-3H3,(H,21,25). The van der Waals surface area contributed by atoms with Gasteiger partial charge in [-0.3, -0.25) is 14.5 Å². The van der Waals surface area contributed by atoms with Crippen LogP contribution in [0, 0.1) is 5.41 Å². The zero-order valence-electron chi connectivity index (χ0n) is 15.9. The van der Waals surface area contributed by atoms with Gasteiger partial charge in [0, 0.05) is 31.1 Å². The first-order valence-corrected chi connectivity index (χ1v) is 9.29. The highest BCUT2D eigenvalue weighted by molar-refractivity contribution is 5.83. The Morgan fingerprint density at radius 3 is 2.58 bits per heavy atom. The summed E-state index contributed by atoms with van der Waals surface area (Å²) in [5, 5.41) is 3.00. The van der Waals surface area contributed by atoms with Crippen molar-refractivity contribution in [2.24, 2.45) is 5.41 Å². The fourth-order valence-corrected chi connectivity index (χ4v) is 4.03. The van der Waals surface area contributed by atoms with Gasteiger partial charge in [-0.1, -0.05) is 30.3 Å². The summed E-state index contributed by atoms with van der Waals surface area (Å²) in [4.78, 5) is 28.6. The lowest BCUT2D eigenvalue weighted by atomic mass is 9.77. The summed E-state index contributed by atoms with van der Waals surface area (Å²) in [5.41, 5.74) is 1.12. The summed E-state index contributed by atoms with van der Waals surface area (Å²) in [6.07, 6.45) is 0.816. The molecular weight excluding hydrogens is 330 g/mol. The minimum Gasteiger partial charge on any atom is -0.367 e. The second kappa shape index (κ2) is 7.76. The maximum absolute atomic E-state index is 12.3. The van der Waals surface area contributed by atoms with Crippen LogP contribution < -0.4 is 5.32 Å². The molecule has 1 aromatic carbocycles. The lowest BCUT2D eigenvalue weighted by Gasteiger charge is -2.48. The molecule has 0 bridgehead atoms. The number of benzene rings is 1. The van der Waals surface area contributed by atoms with Crippen LogP contribution in [0.15, 0.2) is 30.3 Å². The molecule has 0 aromatic heterocycles. The molecule has 2 heterocycles. The van der Waals surface area contributed by atoms with Gasteiger partial charge in [-0.25, -0.2) is 0 Å². The quantitative estimate of drug-likeness (QED) is 0.831. The van der Waals surface area contributed by atoms with Crippen LogP contribution in [0.25, 0.3) is 0 Å². The number of rotatable bonds is 6. The molecule has 1 unspecified atom stereocenters. The van der Waals surface area contributed by atoms with Crippen molar-refractivity contribution < 1.29 is 14.3 Å². The Morgan fingerprint density at radius 1 is 1.23 bits per heavy atom.